The molecule has 6 nitrogen and oxygen atoms in total. The lowest BCUT2D eigenvalue weighted by Gasteiger charge is -2.35. The fourth-order valence-electron chi connectivity index (χ4n) is 3.08. The largest absolute Gasteiger partial charge is 0.466 e. The van der Waals surface area contributed by atoms with E-state index in [-0.39, 0.29) is 30.5 Å². The fourth-order valence-corrected chi connectivity index (χ4v) is 3.08. The third kappa shape index (κ3) is 7.08. The molecule has 1 aromatic rings. The summed E-state index contributed by atoms with van der Waals surface area (Å²) in [6.07, 6.45) is 4.13. The average molecular weight is 478 g/mol. The van der Waals surface area contributed by atoms with E-state index in [1.54, 1.807) is 25.3 Å². The number of hydrogen-bond acceptors (Lipinski definition) is 4. The lowest BCUT2D eigenvalue weighted by Crippen LogP contribution is -2.48. The van der Waals surface area contributed by atoms with E-state index in [2.05, 4.69) is 34.4 Å². The first kappa shape index (κ1) is 23.2. The number of nitrogens with zero attached hydrogens (tertiary/aromatic N) is 2. The van der Waals surface area contributed by atoms with E-state index in [0.717, 1.165) is 25.0 Å². The second kappa shape index (κ2) is 11.1. The van der Waals surface area contributed by atoms with E-state index < -0.39 is 5.60 Å². The molecule has 0 saturated carbocycles. The van der Waals surface area contributed by atoms with Crippen LogP contribution in [-0.4, -0.2) is 54.7 Å². The summed E-state index contributed by atoms with van der Waals surface area (Å²) < 4.78 is 5.31. The van der Waals surface area contributed by atoms with Gasteiger partial charge in [-0.25, -0.2) is 4.99 Å². The summed E-state index contributed by atoms with van der Waals surface area (Å²) in [5, 5.41) is 17.2. The first-order valence-corrected chi connectivity index (χ1v) is 9.45. The first-order valence-electron chi connectivity index (χ1n) is 9.45. The molecule has 3 N–H and O–H groups in total. The number of piperidine rings is 1. The third-order valence-corrected chi connectivity index (χ3v) is 4.95. The van der Waals surface area contributed by atoms with Crippen molar-refractivity contribution in [2.45, 2.75) is 52.2 Å². The molecule has 0 aromatic carbocycles. The lowest BCUT2D eigenvalue weighted by atomic mass is 9.98. The number of rotatable bonds is 7. The van der Waals surface area contributed by atoms with Gasteiger partial charge in [0.25, 0.3) is 0 Å². The standard InChI is InChI=1S/C19H34N4O2.HI/c1-5-20-18(22-14-19(4,24)17-7-6-12-25-17)21-13-16(3)23-10-8-15(2)9-11-23;/h6-7,12,15-16,24H,5,8-11,13-14H2,1-4H3,(H2,20,21,22);1H. The molecule has 1 aliphatic heterocycles. The van der Waals surface area contributed by atoms with Gasteiger partial charge in [0.1, 0.15) is 11.4 Å². The fraction of sp³-hybridized carbons (Fsp3) is 0.737. The van der Waals surface area contributed by atoms with Gasteiger partial charge in [0.05, 0.1) is 12.8 Å². The van der Waals surface area contributed by atoms with Gasteiger partial charge in [-0.1, -0.05) is 6.92 Å². The molecule has 26 heavy (non-hydrogen) atoms. The van der Waals surface area contributed by atoms with E-state index in [1.165, 1.54) is 25.9 Å². The van der Waals surface area contributed by atoms with Crippen LogP contribution in [0.2, 0.25) is 0 Å². The third-order valence-electron chi connectivity index (χ3n) is 4.95. The Balaban J connectivity index is 0.00000338. The van der Waals surface area contributed by atoms with Crippen molar-refractivity contribution in [2.75, 3.05) is 32.7 Å². The van der Waals surface area contributed by atoms with Gasteiger partial charge >= 0.3 is 0 Å². The maximum atomic E-state index is 10.5. The van der Waals surface area contributed by atoms with Gasteiger partial charge in [0.2, 0.25) is 0 Å². The summed E-state index contributed by atoms with van der Waals surface area (Å²) >= 11 is 0. The van der Waals surface area contributed by atoms with Gasteiger partial charge < -0.3 is 20.2 Å². The Morgan fingerprint density at radius 3 is 2.69 bits per heavy atom. The van der Waals surface area contributed by atoms with E-state index in [4.69, 9.17) is 4.42 Å². The molecule has 0 aliphatic carbocycles. The van der Waals surface area contributed by atoms with Crippen LogP contribution in [0.1, 0.15) is 46.3 Å². The molecule has 0 spiro atoms. The van der Waals surface area contributed by atoms with Gasteiger partial charge in [0, 0.05) is 19.1 Å². The molecule has 0 radical (unpaired) electrons. The summed E-state index contributed by atoms with van der Waals surface area (Å²) in [4.78, 5) is 7.07. The first-order chi connectivity index (χ1) is 11.9. The van der Waals surface area contributed by atoms with Gasteiger partial charge in [-0.3, -0.25) is 4.90 Å². The van der Waals surface area contributed by atoms with E-state index in [1.807, 2.05) is 6.92 Å². The summed E-state index contributed by atoms with van der Waals surface area (Å²) in [5.41, 5.74) is -1.11. The Hall–Kier alpha value is -0.800. The number of furan rings is 1. The highest BCUT2D eigenvalue weighted by atomic mass is 127. The molecule has 7 heteroatoms. The van der Waals surface area contributed by atoms with Crippen LogP contribution in [-0.2, 0) is 5.60 Å². The van der Waals surface area contributed by atoms with Crippen molar-refractivity contribution in [1.82, 2.24) is 15.5 Å². The van der Waals surface area contributed by atoms with Crippen molar-refractivity contribution in [3.8, 4) is 0 Å². The average Bonchev–Trinajstić information content (AvgIpc) is 3.13. The molecule has 2 heterocycles. The quantitative estimate of drug-likeness (QED) is 0.320. The Labute approximate surface area is 174 Å². The van der Waals surface area contributed by atoms with Crippen LogP contribution in [0.3, 0.4) is 0 Å². The zero-order valence-corrected chi connectivity index (χ0v) is 18.8. The van der Waals surface area contributed by atoms with E-state index >= 15 is 0 Å². The number of halogens is 1. The number of guanidine groups is 1. The second-order valence-corrected chi connectivity index (χ2v) is 7.39. The monoisotopic (exact) mass is 478 g/mol. The molecular weight excluding hydrogens is 443 g/mol. The van der Waals surface area contributed by atoms with E-state index in [0.29, 0.717) is 11.8 Å². The van der Waals surface area contributed by atoms with Crippen LogP contribution in [0.25, 0.3) is 0 Å². The maximum absolute atomic E-state index is 10.5. The van der Waals surface area contributed by atoms with Crippen LogP contribution < -0.4 is 10.6 Å². The van der Waals surface area contributed by atoms with Crippen LogP contribution in [0.4, 0.5) is 0 Å². The van der Waals surface area contributed by atoms with Gasteiger partial charge in [0.15, 0.2) is 5.96 Å². The van der Waals surface area contributed by atoms with Crippen molar-refractivity contribution in [1.29, 1.82) is 0 Å². The smallest absolute Gasteiger partial charge is 0.191 e. The predicted molar refractivity (Wildman–Crippen MR) is 117 cm³/mol. The second-order valence-electron chi connectivity index (χ2n) is 7.39. The molecule has 2 rings (SSSR count). The number of aliphatic imine (C=N–C) groups is 1. The van der Waals surface area contributed by atoms with Crippen LogP contribution in [0.5, 0.6) is 0 Å². The molecule has 0 bridgehead atoms. The minimum atomic E-state index is -1.11. The minimum absolute atomic E-state index is 0. The molecule has 150 valence electrons. The van der Waals surface area contributed by atoms with Crippen molar-refractivity contribution in [3.05, 3.63) is 24.2 Å². The molecule has 1 aliphatic rings. The minimum Gasteiger partial charge on any atom is -0.466 e. The number of hydrogen-bond donors (Lipinski definition) is 3. The van der Waals surface area contributed by atoms with Crippen LogP contribution >= 0.6 is 24.0 Å². The number of nitrogens with one attached hydrogen (secondary N) is 2. The zero-order valence-electron chi connectivity index (χ0n) is 16.5. The van der Waals surface area contributed by atoms with Crippen molar-refractivity contribution in [3.63, 3.8) is 0 Å². The lowest BCUT2D eigenvalue weighted by molar-refractivity contribution is 0.0437. The molecule has 1 fully saturated rings. The Bertz CT molecular complexity index is 526. The van der Waals surface area contributed by atoms with Crippen molar-refractivity contribution in [2.24, 2.45) is 10.9 Å². The molecule has 1 aromatic heterocycles. The van der Waals surface area contributed by atoms with Gasteiger partial charge in [-0.2, -0.15) is 0 Å². The predicted octanol–water partition coefficient (Wildman–Crippen LogP) is 2.78. The zero-order chi connectivity index (χ0) is 18.3. The van der Waals surface area contributed by atoms with Crippen molar-refractivity contribution >= 4 is 29.9 Å². The molecular formula is C19H35IN4O2. The summed E-state index contributed by atoms with van der Waals surface area (Å²) in [7, 11) is 0. The highest BCUT2D eigenvalue weighted by Crippen LogP contribution is 2.21. The van der Waals surface area contributed by atoms with Crippen LogP contribution in [0.15, 0.2) is 27.8 Å². The number of likely N-dealkylation sites (tertiary alicyclic amines) is 1. The van der Waals surface area contributed by atoms with Gasteiger partial charge in [-0.15, -0.1) is 24.0 Å². The topological polar surface area (TPSA) is 73.0 Å². The highest BCUT2D eigenvalue weighted by Gasteiger charge is 2.26. The molecule has 2 unspecified atom stereocenters. The molecule has 1 saturated heterocycles. The Morgan fingerprint density at radius 2 is 2.12 bits per heavy atom. The van der Waals surface area contributed by atoms with E-state index in [9.17, 15) is 5.11 Å². The molecule has 0 amide bonds. The summed E-state index contributed by atoms with van der Waals surface area (Å²) in [6, 6.07) is 4.01. The summed E-state index contributed by atoms with van der Waals surface area (Å²) in [6.45, 7) is 12.6. The summed E-state index contributed by atoms with van der Waals surface area (Å²) in [5.74, 6) is 2.11. The Morgan fingerprint density at radius 1 is 1.42 bits per heavy atom. The normalized spacial score (nSPS) is 20.1. The van der Waals surface area contributed by atoms with Gasteiger partial charge in [-0.05, 0) is 64.8 Å². The Kier molecular flexibility index (Phi) is 9.95. The SMILES string of the molecule is CCNC(=NCC(C)(O)c1ccco1)NCC(C)N1CCC(C)CC1.I. The van der Waals surface area contributed by atoms with Crippen molar-refractivity contribution < 1.29 is 9.52 Å². The maximum Gasteiger partial charge on any atom is 0.191 e. The highest BCUT2D eigenvalue weighted by molar-refractivity contribution is 14.0. The molecule has 2 atom stereocenters. The van der Waals surface area contributed by atoms with Crippen LogP contribution in [0, 0.1) is 5.92 Å². The number of aliphatic hydroxyl groups is 1.